The SMILES string of the molecule is COc1ccc(/C=C/C(=O)N2CCCCC2)cc1N. The highest BCUT2D eigenvalue weighted by molar-refractivity contribution is 5.92. The molecule has 4 heteroatoms. The summed E-state index contributed by atoms with van der Waals surface area (Å²) in [6.07, 6.45) is 6.85. The first-order chi connectivity index (χ1) is 9.20. The molecule has 0 unspecified atom stereocenters. The van der Waals surface area contributed by atoms with Gasteiger partial charge >= 0.3 is 0 Å². The van der Waals surface area contributed by atoms with Gasteiger partial charge in [-0.25, -0.2) is 0 Å². The van der Waals surface area contributed by atoms with Crippen LogP contribution in [0.4, 0.5) is 5.69 Å². The van der Waals surface area contributed by atoms with E-state index in [9.17, 15) is 4.79 Å². The number of nitrogen functional groups attached to an aromatic ring is 1. The predicted octanol–water partition coefficient (Wildman–Crippen LogP) is 2.30. The molecule has 0 aliphatic carbocycles. The molecule has 1 heterocycles. The summed E-state index contributed by atoms with van der Waals surface area (Å²) < 4.78 is 5.10. The molecule has 1 saturated heterocycles. The van der Waals surface area contributed by atoms with Crippen molar-refractivity contribution < 1.29 is 9.53 Å². The number of methoxy groups -OCH3 is 1. The zero-order valence-corrected chi connectivity index (χ0v) is 11.3. The largest absolute Gasteiger partial charge is 0.495 e. The predicted molar refractivity (Wildman–Crippen MR) is 76.9 cm³/mol. The summed E-state index contributed by atoms with van der Waals surface area (Å²) in [6.45, 7) is 1.74. The van der Waals surface area contributed by atoms with Crippen molar-refractivity contribution in [3.05, 3.63) is 29.8 Å². The van der Waals surface area contributed by atoms with Gasteiger partial charge in [0.1, 0.15) is 5.75 Å². The van der Waals surface area contributed by atoms with Gasteiger partial charge in [-0.2, -0.15) is 0 Å². The van der Waals surface area contributed by atoms with E-state index in [1.807, 2.05) is 11.0 Å². The van der Waals surface area contributed by atoms with E-state index in [0.29, 0.717) is 11.4 Å². The lowest BCUT2D eigenvalue weighted by atomic mass is 10.1. The number of nitrogens with zero attached hydrogens (tertiary/aromatic N) is 1. The summed E-state index contributed by atoms with van der Waals surface area (Å²) in [5, 5.41) is 0. The Hall–Kier alpha value is -1.97. The van der Waals surface area contributed by atoms with Crippen molar-refractivity contribution in [3.63, 3.8) is 0 Å². The van der Waals surface area contributed by atoms with E-state index >= 15 is 0 Å². The van der Waals surface area contributed by atoms with Crippen LogP contribution in [0, 0.1) is 0 Å². The Labute approximate surface area is 113 Å². The Bertz CT molecular complexity index is 477. The van der Waals surface area contributed by atoms with Crippen molar-refractivity contribution in [3.8, 4) is 5.75 Å². The van der Waals surface area contributed by atoms with Crippen molar-refractivity contribution in [1.82, 2.24) is 4.90 Å². The summed E-state index contributed by atoms with van der Waals surface area (Å²) in [6, 6.07) is 5.49. The van der Waals surface area contributed by atoms with Crippen LogP contribution in [-0.2, 0) is 4.79 Å². The van der Waals surface area contributed by atoms with Gasteiger partial charge in [0.15, 0.2) is 0 Å². The van der Waals surface area contributed by atoms with Crippen LogP contribution >= 0.6 is 0 Å². The molecule has 102 valence electrons. The van der Waals surface area contributed by atoms with Crippen molar-refractivity contribution in [2.24, 2.45) is 0 Å². The van der Waals surface area contributed by atoms with Gasteiger partial charge in [0, 0.05) is 19.2 Å². The molecule has 2 rings (SSSR count). The smallest absolute Gasteiger partial charge is 0.246 e. The molecule has 0 aromatic heterocycles. The quantitative estimate of drug-likeness (QED) is 0.670. The minimum absolute atomic E-state index is 0.0779. The number of carbonyl (C=O) groups is 1. The molecule has 1 aromatic rings. The lowest BCUT2D eigenvalue weighted by Crippen LogP contribution is -2.34. The van der Waals surface area contributed by atoms with Crippen LogP contribution in [0.2, 0.25) is 0 Å². The van der Waals surface area contributed by atoms with Crippen LogP contribution in [0.3, 0.4) is 0 Å². The molecule has 2 N–H and O–H groups in total. The van der Waals surface area contributed by atoms with E-state index in [1.165, 1.54) is 6.42 Å². The van der Waals surface area contributed by atoms with Crippen molar-refractivity contribution in [2.45, 2.75) is 19.3 Å². The van der Waals surface area contributed by atoms with Crippen LogP contribution in [0.5, 0.6) is 5.75 Å². The van der Waals surface area contributed by atoms with Crippen LogP contribution in [0.15, 0.2) is 24.3 Å². The van der Waals surface area contributed by atoms with Gasteiger partial charge in [-0.3, -0.25) is 4.79 Å². The fourth-order valence-electron chi connectivity index (χ4n) is 2.24. The van der Waals surface area contributed by atoms with Gasteiger partial charge in [0.05, 0.1) is 12.8 Å². The van der Waals surface area contributed by atoms with E-state index in [-0.39, 0.29) is 5.91 Å². The monoisotopic (exact) mass is 260 g/mol. The number of nitrogens with two attached hydrogens (primary N) is 1. The van der Waals surface area contributed by atoms with E-state index in [2.05, 4.69) is 0 Å². The molecule has 0 spiro atoms. The van der Waals surface area contributed by atoms with Crippen LogP contribution < -0.4 is 10.5 Å². The molecule has 1 fully saturated rings. The minimum Gasteiger partial charge on any atom is -0.495 e. The molecule has 0 saturated carbocycles. The number of hydrogen-bond acceptors (Lipinski definition) is 3. The zero-order valence-electron chi connectivity index (χ0n) is 11.3. The van der Waals surface area contributed by atoms with E-state index in [1.54, 1.807) is 31.4 Å². The van der Waals surface area contributed by atoms with E-state index in [4.69, 9.17) is 10.5 Å². The first-order valence-corrected chi connectivity index (χ1v) is 6.61. The highest BCUT2D eigenvalue weighted by Crippen LogP contribution is 2.22. The van der Waals surface area contributed by atoms with Gasteiger partial charge in [0.2, 0.25) is 5.91 Å². The number of ether oxygens (including phenoxy) is 1. The molecular weight excluding hydrogens is 240 g/mol. The van der Waals surface area contributed by atoms with Gasteiger partial charge in [0.25, 0.3) is 0 Å². The molecular formula is C15H20N2O2. The Morgan fingerprint density at radius 1 is 1.32 bits per heavy atom. The second kappa shape index (κ2) is 6.27. The van der Waals surface area contributed by atoms with Gasteiger partial charge in [-0.1, -0.05) is 6.07 Å². The Morgan fingerprint density at radius 2 is 2.05 bits per heavy atom. The Morgan fingerprint density at radius 3 is 2.68 bits per heavy atom. The molecule has 1 amide bonds. The van der Waals surface area contributed by atoms with Crippen molar-refractivity contribution in [1.29, 1.82) is 0 Å². The van der Waals surface area contributed by atoms with E-state index in [0.717, 1.165) is 31.5 Å². The number of carbonyl (C=O) groups excluding carboxylic acids is 1. The number of hydrogen-bond donors (Lipinski definition) is 1. The highest BCUT2D eigenvalue weighted by atomic mass is 16.5. The summed E-state index contributed by atoms with van der Waals surface area (Å²) in [4.78, 5) is 13.9. The fraction of sp³-hybridized carbons (Fsp3) is 0.400. The Kier molecular flexibility index (Phi) is 4.44. The number of anilines is 1. The number of amides is 1. The van der Waals surface area contributed by atoms with Crippen molar-refractivity contribution >= 4 is 17.7 Å². The molecule has 0 atom stereocenters. The first kappa shape index (κ1) is 13.5. The summed E-state index contributed by atoms with van der Waals surface area (Å²) in [5.74, 6) is 0.730. The van der Waals surface area contributed by atoms with Gasteiger partial charge in [-0.15, -0.1) is 0 Å². The standard InChI is InChI=1S/C15H20N2O2/c1-19-14-7-5-12(11-13(14)16)6-8-15(18)17-9-3-2-4-10-17/h5-8,11H,2-4,9-10,16H2,1H3/b8-6+. The second-order valence-electron chi connectivity index (χ2n) is 4.72. The Balaban J connectivity index is 2.01. The number of piperidine rings is 1. The maximum Gasteiger partial charge on any atom is 0.246 e. The molecule has 1 aliphatic heterocycles. The maximum absolute atomic E-state index is 12.0. The average Bonchev–Trinajstić information content (AvgIpc) is 2.46. The summed E-state index contributed by atoms with van der Waals surface area (Å²) >= 11 is 0. The number of rotatable bonds is 3. The van der Waals surface area contributed by atoms with Crippen LogP contribution in [0.25, 0.3) is 6.08 Å². The van der Waals surface area contributed by atoms with Gasteiger partial charge < -0.3 is 15.4 Å². The third kappa shape index (κ3) is 3.50. The highest BCUT2D eigenvalue weighted by Gasteiger charge is 2.13. The van der Waals surface area contributed by atoms with Gasteiger partial charge in [-0.05, 0) is 43.0 Å². The lowest BCUT2D eigenvalue weighted by molar-refractivity contribution is -0.126. The normalized spacial score (nSPS) is 15.7. The molecule has 19 heavy (non-hydrogen) atoms. The molecule has 1 aromatic carbocycles. The summed E-state index contributed by atoms with van der Waals surface area (Å²) in [7, 11) is 1.58. The molecule has 1 aliphatic rings. The second-order valence-corrected chi connectivity index (χ2v) is 4.72. The molecule has 4 nitrogen and oxygen atoms in total. The third-order valence-corrected chi connectivity index (χ3v) is 3.34. The van der Waals surface area contributed by atoms with E-state index < -0.39 is 0 Å². The van der Waals surface area contributed by atoms with Crippen LogP contribution in [-0.4, -0.2) is 31.0 Å². The minimum atomic E-state index is 0.0779. The molecule has 0 radical (unpaired) electrons. The molecule has 0 bridgehead atoms. The summed E-state index contributed by atoms with van der Waals surface area (Å²) in [5.41, 5.74) is 7.31. The maximum atomic E-state index is 12.0. The third-order valence-electron chi connectivity index (χ3n) is 3.34. The number of likely N-dealkylation sites (tertiary alicyclic amines) is 1. The van der Waals surface area contributed by atoms with Crippen LogP contribution in [0.1, 0.15) is 24.8 Å². The topological polar surface area (TPSA) is 55.6 Å². The lowest BCUT2D eigenvalue weighted by Gasteiger charge is -2.25. The van der Waals surface area contributed by atoms with Crippen molar-refractivity contribution in [2.75, 3.05) is 25.9 Å². The number of benzene rings is 1. The zero-order chi connectivity index (χ0) is 13.7. The fourth-order valence-corrected chi connectivity index (χ4v) is 2.24. The average molecular weight is 260 g/mol. The first-order valence-electron chi connectivity index (χ1n) is 6.61.